The highest BCUT2D eigenvalue weighted by atomic mass is 16.7. The third-order valence-electron chi connectivity index (χ3n) is 1.88. The Hall–Kier alpha value is -1.83. The third-order valence-corrected chi connectivity index (χ3v) is 1.88. The molecule has 2 N–H and O–H groups in total. The number of esters is 1. The molecule has 0 radical (unpaired) electrons. The van der Waals surface area contributed by atoms with Crippen LogP contribution in [0.4, 0.5) is 9.59 Å². The highest BCUT2D eigenvalue weighted by molar-refractivity contribution is 5.88. The SMILES string of the molecule is CC(C)COC(=O)OC(=O)C(CO)NC(=O)OC(C)(C)C. The molecule has 0 aromatic rings. The van der Waals surface area contributed by atoms with Gasteiger partial charge < -0.3 is 24.6 Å². The van der Waals surface area contributed by atoms with E-state index in [1.807, 2.05) is 13.8 Å². The number of carbonyl (C=O) groups is 3. The maximum absolute atomic E-state index is 11.6. The molecule has 8 nitrogen and oxygen atoms in total. The van der Waals surface area contributed by atoms with Crippen molar-refractivity contribution in [2.45, 2.75) is 46.3 Å². The Balaban J connectivity index is 4.36. The number of ether oxygens (including phenoxy) is 3. The van der Waals surface area contributed by atoms with Crippen molar-refractivity contribution in [1.29, 1.82) is 0 Å². The minimum atomic E-state index is -1.41. The molecule has 0 fully saturated rings. The molecule has 0 aliphatic rings. The Morgan fingerprint density at radius 2 is 1.76 bits per heavy atom. The second-order valence-corrected chi connectivity index (χ2v) is 5.76. The Kier molecular flexibility index (Phi) is 7.72. The van der Waals surface area contributed by atoms with E-state index in [-0.39, 0.29) is 12.5 Å². The van der Waals surface area contributed by atoms with Gasteiger partial charge in [-0.1, -0.05) is 13.8 Å². The minimum Gasteiger partial charge on any atom is -0.444 e. The summed E-state index contributed by atoms with van der Waals surface area (Å²) in [6.45, 7) is 7.91. The molecule has 0 aliphatic carbocycles. The molecule has 122 valence electrons. The minimum absolute atomic E-state index is 0.0844. The van der Waals surface area contributed by atoms with Crippen molar-refractivity contribution in [1.82, 2.24) is 5.32 Å². The van der Waals surface area contributed by atoms with Crippen LogP contribution in [0, 0.1) is 5.92 Å². The topological polar surface area (TPSA) is 111 Å². The van der Waals surface area contributed by atoms with Gasteiger partial charge in [-0.15, -0.1) is 0 Å². The zero-order chi connectivity index (χ0) is 16.6. The number of aliphatic hydroxyl groups is 1. The van der Waals surface area contributed by atoms with Crippen molar-refractivity contribution in [3.63, 3.8) is 0 Å². The molecule has 8 heteroatoms. The number of hydrogen-bond acceptors (Lipinski definition) is 7. The average Bonchev–Trinajstić information content (AvgIpc) is 2.31. The van der Waals surface area contributed by atoms with Crippen LogP contribution in [0.5, 0.6) is 0 Å². The van der Waals surface area contributed by atoms with E-state index in [9.17, 15) is 14.4 Å². The van der Waals surface area contributed by atoms with E-state index in [1.165, 1.54) is 0 Å². The monoisotopic (exact) mass is 305 g/mol. The van der Waals surface area contributed by atoms with Gasteiger partial charge in [0, 0.05) is 0 Å². The molecular formula is C13H23NO7. The third kappa shape index (κ3) is 9.67. The molecule has 1 amide bonds. The molecule has 0 aliphatic heterocycles. The van der Waals surface area contributed by atoms with Crippen LogP contribution in [0.3, 0.4) is 0 Å². The van der Waals surface area contributed by atoms with Crippen LogP contribution in [-0.4, -0.2) is 48.2 Å². The number of amides is 1. The van der Waals surface area contributed by atoms with Crippen LogP contribution in [0.1, 0.15) is 34.6 Å². The molecule has 0 heterocycles. The fourth-order valence-electron chi connectivity index (χ4n) is 1.05. The normalized spacial score (nSPS) is 12.5. The van der Waals surface area contributed by atoms with Crippen molar-refractivity contribution < 1.29 is 33.7 Å². The first-order valence-electron chi connectivity index (χ1n) is 6.54. The zero-order valence-corrected chi connectivity index (χ0v) is 13.0. The first-order chi connectivity index (χ1) is 9.55. The van der Waals surface area contributed by atoms with E-state index < -0.39 is 36.5 Å². The lowest BCUT2D eigenvalue weighted by atomic mass is 10.2. The highest BCUT2D eigenvalue weighted by Crippen LogP contribution is 2.07. The molecule has 0 saturated heterocycles. The Morgan fingerprint density at radius 3 is 2.19 bits per heavy atom. The predicted octanol–water partition coefficient (Wildman–Crippen LogP) is 1.21. The van der Waals surface area contributed by atoms with Crippen LogP contribution in [0.2, 0.25) is 0 Å². The average molecular weight is 305 g/mol. The van der Waals surface area contributed by atoms with Gasteiger partial charge in [0.15, 0.2) is 6.04 Å². The Bertz CT molecular complexity index is 373. The van der Waals surface area contributed by atoms with E-state index in [1.54, 1.807) is 20.8 Å². The van der Waals surface area contributed by atoms with E-state index >= 15 is 0 Å². The smallest absolute Gasteiger partial charge is 0.444 e. The fraction of sp³-hybridized carbons (Fsp3) is 0.769. The molecule has 0 spiro atoms. The number of carbonyl (C=O) groups excluding carboxylic acids is 3. The number of rotatable bonds is 5. The van der Waals surface area contributed by atoms with Crippen molar-refractivity contribution in [2.75, 3.05) is 13.2 Å². The summed E-state index contributed by atoms with van der Waals surface area (Å²) in [5.74, 6) is -1.04. The molecule has 0 rings (SSSR count). The van der Waals surface area contributed by atoms with Gasteiger partial charge in [-0.3, -0.25) is 0 Å². The second kappa shape index (κ2) is 8.46. The highest BCUT2D eigenvalue weighted by Gasteiger charge is 2.27. The lowest BCUT2D eigenvalue weighted by Crippen LogP contribution is -2.46. The number of hydrogen-bond donors (Lipinski definition) is 2. The van der Waals surface area contributed by atoms with Gasteiger partial charge in [0.2, 0.25) is 0 Å². The number of alkyl carbamates (subject to hydrolysis) is 1. The first kappa shape index (κ1) is 19.2. The first-order valence-corrected chi connectivity index (χ1v) is 6.54. The molecule has 1 atom stereocenters. The summed E-state index contributed by atoms with van der Waals surface area (Å²) in [5, 5.41) is 11.2. The second-order valence-electron chi connectivity index (χ2n) is 5.76. The number of aliphatic hydroxyl groups excluding tert-OH is 1. The summed E-state index contributed by atoms with van der Waals surface area (Å²) < 4.78 is 13.9. The summed E-state index contributed by atoms with van der Waals surface area (Å²) >= 11 is 0. The standard InChI is InChI=1S/C13H23NO7/c1-8(2)7-19-12(18)20-10(16)9(6-15)14-11(17)21-13(3,4)5/h8-9,15H,6-7H2,1-5H3,(H,14,17). The molecule has 0 aromatic carbocycles. The lowest BCUT2D eigenvalue weighted by molar-refractivity contribution is -0.143. The molecule has 0 bridgehead atoms. The quantitative estimate of drug-likeness (QED) is 0.580. The number of nitrogens with one attached hydrogen (secondary N) is 1. The van der Waals surface area contributed by atoms with Crippen LogP contribution >= 0.6 is 0 Å². The van der Waals surface area contributed by atoms with E-state index in [2.05, 4.69) is 14.8 Å². The zero-order valence-electron chi connectivity index (χ0n) is 13.0. The van der Waals surface area contributed by atoms with Gasteiger partial charge in [0.25, 0.3) is 0 Å². The van der Waals surface area contributed by atoms with E-state index in [4.69, 9.17) is 9.84 Å². The summed E-state index contributed by atoms with van der Waals surface area (Å²) in [5.41, 5.74) is -0.760. The van der Waals surface area contributed by atoms with E-state index in [0.717, 1.165) is 0 Å². The summed E-state index contributed by atoms with van der Waals surface area (Å²) in [7, 11) is 0. The molecule has 0 saturated carbocycles. The molecular weight excluding hydrogens is 282 g/mol. The van der Waals surface area contributed by atoms with Gasteiger partial charge in [0.05, 0.1) is 13.2 Å². The fourth-order valence-corrected chi connectivity index (χ4v) is 1.05. The lowest BCUT2D eigenvalue weighted by Gasteiger charge is -2.21. The summed E-state index contributed by atoms with van der Waals surface area (Å²) in [6, 6.07) is -1.41. The van der Waals surface area contributed by atoms with Gasteiger partial charge in [0.1, 0.15) is 5.60 Å². The molecule has 21 heavy (non-hydrogen) atoms. The Morgan fingerprint density at radius 1 is 1.19 bits per heavy atom. The van der Waals surface area contributed by atoms with Gasteiger partial charge in [-0.25, -0.2) is 14.4 Å². The Labute approximate surface area is 123 Å². The van der Waals surface area contributed by atoms with Crippen molar-refractivity contribution in [3.05, 3.63) is 0 Å². The largest absolute Gasteiger partial charge is 0.516 e. The van der Waals surface area contributed by atoms with Crippen molar-refractivity contribution in [3.8, 4) is 0 Å². The van der Waals surface area contributed by atoms with Gasteiger partial charge in [-0.05, 0) is 26.7 Å². The van der Waals surface area contributed by atoms with Crippen LogP contribution in [0.25, 0.3) is 0 Å². The maximum Gasteiger partial charge on any atom is 0.516 e. The van der Waals surface area contributed by atoms with Gasteiger partial charge >= 0.3 is 18.2 Å². The molecule has 0 aromatic heterocycles. The van der Waals surface area contributed by atoms with Crippen LogP contribution in [-0.2, 0) is 19.0 Å². The predicted molar refractivity (Wildman–Crippen MR) is 72.5 cm³/mol. The molecule has 1 unspecified atom stereocenters. The van der Waals surface area contributed by atoms with E-state index in [0.29, 0.717) is 0 Å². The van der Waals surface area contributed by atoms with Crippen molar-refractivity contribution >= 4 is 18.2 Å². The van der Waals surface area contributed by atoms with Crippen LogP contribution in [0.15, 0.2) is 0 Å². The maximum atomic E-state index is 11.6. The van der Waals surface area contributed by atoms with Crippen molar-refractivity contribution in [2.24, 2.45) is 5.92 Å². The van der Waals surface area contributed by atoms with Gasteiger partial charge in [-0.2, -0.15) is 0 Å². The summed E-state index contributed by atoms with van der Waals surface area (Å²) in [4.78, 5) is 34.2. The van der Waals surface area contributed by atoms with Crippen LogP contribution < -0.4 is 5.32 Å². The summed E-state index contributed by atoms with van der Waals surface area (Å²) in [6.07, 6.45) is -2.09.